The lowest BCUT2D eigenvalue weighted by Gasteiger charge is -2.34. The van der Waals surface area contributed by atoms with Crippen molar-refractivity contribution in [2.45, 2.75) is 29.6 Å². The molecular formula is C26H32N8O2S2. The van der Waals surface area contributed by atoms with E-state index in [2.05, 4.69) is 48.4 Å². The third kappa shape index (κ3) is 4.85. The molecule has 38 heavy (non-hydrogen) atoms. The summed E-state index contributed by atoms with van der Waals surface area (Å²) in [6, 6.07) is 8.41. The minimum absolute atomic E-state index is 0.179. The number of hydrogen-bond donors (Lipinski definition) is 0. The van der Waals surface area contributed by atoms with Gasteiger partial charge in [0.1, 0.15) is 0 Å². The Kier molecular flexibility index (Phi) is 6.96. The summed E-state index contributed by atoms with van der Waals surface area (Å²) >= 11 is 1.28. The van der Waals surface area contributed by atoms with E-state index in [0.29, 0.717) is 42.5 Å². The number of nitrogens with zero attached hydrogens (tertiary/aromatic N) is 8. The smallest absolute Gasteiger partial charge is 0.254 e. The number of sulfonamides is 1. The quantitative estimate of drug-likeness (QED) is 0.458. The van der Waals surface area contributed by atoms with Crippen LogP contribution in [0.2, 0.25) is 0 Å². The van der Waals surface area contributed by atoms with Gasteiger partial charge in [-0.15, -0.1) is 0 Å². The number of imidazole rings is 1. The summed E-state index contributed by atoms with van der Waals surface area (Å²) in [6.07, 6.45) is 7.30. The molecular weight excluding hydrogens is 520 g/mol. The zero-order chi connectivity index (χ0) is 26.3. The molecule has 2 aromatic heterocycles. The number of nitriles is 1. The predicted octanol–water partition coefficient (Wildman–Crippen LogP) is 2.01. The Morgan fingerprint density at radius 1 is 1.08 bits per heavy atom. The number of thiazole rings is 1. The van der Waals surface area contributed by atoms with Gasteiger partial charge in [-0.3, -0.25) is 4.90 Å². The summed E-state index contributed by atoms with van der Waals surface area (Å²) in [7, 11) is -1.46. The summed E-state index contributed by atoms with van der Waals surface area (Å²) in [4.78, 5) is 15.6. The van der Waals surface area contributed by atoms with Crippen molar-refractivity contribution in [1.82, 2.24) is 28.6 Å². The number of anilines is 1. The van der Waals surface area contributed by atoms with Gasteiger partial charge in [-0.25, -0.2) is 18.4 Å². The van der Waals surface area contributed by atoms with Crippen molar-refractivity contribution in [1.29, 1.82) is 5.26 Å². The van der Waals surface area contributed by atoms with Crippen LogP contribution in [0.4, 0.5) is 5.13 Å². The second kappa shape index (κ2) is 10.4. The lowest BCUT2D eigenvalue weighted by molar-refractivity contribution is 0.177. The van der Waals surface area contributed by atoms with E-state index in [0.717, 1.165) is 49.8 Å². The van der Waals surface area contributed by atoms with Gasteiger partial charge < -0.3 is 14.4 Å². The number of rotatable bonds is 6. The first-order valence-corrected chi connectivity index (χ1v) is 15.3. The van der Waals surface area contributed by atoms with Crippen LogP contribution in [0.3, 0.4) is 0 Å². The molecule has 6 rings (SSSR count). The minimum atomic E-state index is -3.56. The number of fused-ring (bicyclic) bond motifs is 1. The fraction of sp³-hybridized carbons (Fsp3) is 0.500. The molecule has 0 saturated carbocycles. The number of piperazine rings is 2. The van der Waals surface area contributed by atoms with Crippen molar-refractivity contribution in [3.05, 3.63) is 59.3 Å². The van der Waals surface area contributed by atoms with E-state index in [9.17, 15) is 13.7 Å². The minimum Gasteiger partial charge on any atom is -0.345 e. The van der Waals surface area contributed by atoms with Crippen LogP contribution in [0, 0.1) is 11.3 Å². The second-order valence-corrected chi connectivity index (χ2v) is 13.5. The van der Waals surface area contributed by atoms with Crippen molar-refractivity contribution in [2.75, 3.05) is 64.3 Å². The molecule has 1 aliphatic carbocycles. The summed E-state index contributed by atoms with van der Waals surface area (Å²) in [5.41, 5.74) is 4.30. The first-order valence-electron chi connectivity index (χ1n) is 13.1. The van der Waals surface area contributed by atoms with Crippen molar-refractivity contribution >= 4 is 26.5 Å². The van der Waals surface area contributed by atoms with Gasteiger partial charge in [0.2, 0.25) is 0 Å². The maximum atomic E-state index is 13.4. The number of aromatic nitrogens is 3. The topological polar surface area (TPSA) is 102 Å². The average molecular weight is 553 g/mol. The van der Waals surface area contributed by atoms with Gasteiger partial charge in [0.05, 0.1) is 35.9 Å². The van der Waals surface area contributed by atoms with Gasteiger partial charge in [-0.2, -0.15) is 9.57 Å². The molecule has 2 saturated heterocycles. The molecule has 3 aromatic rings. The van der Waals surface area contributed by atoms with Gasteiger partial charge in [0, 0.05) is 65.1 Å². The lowest BCUT2D eigenvalue weighted by atomic mass is 10.0. The summed E-state index contributed by atoms with van der Waals surface area (Å²) in [5, 5.41) is 10.1. The van der Waals surface area contributed by atoms with Gasteiger partial charge in [0.25, 0.3) is 10.0 Å². The molecule has 1 aromatic carbocycles. The van der Waals surface area contributed by atoms with E-state index in [4.69, 9.17) is 0 Å². The standard InChI is InChI=1S/C26H32N8O2S2/c1-30-6-10-32(11-7-30)26-29-17-25(37-26)38(35,36)33-12-8-31(9-13-33)18-22-16-28-19-34(22)24-5-4-21-3-2-20(15-27)14-23(21)24/h2-3,14,16-17,19,24H,4-13,18H2,1H3/t24-/m1/s1. The van der Waals surface area contributed by atoms with Crippen LogP contribution in [0.1, 0.15) is 34.8 Å². The number of hydrogen-bond acceptors (Lipinski definition) is 9. The third-order valence-corrected chi connectivity index (χ3v) is 11.4. The zero-order valence-corrected chi connectivity index (χ0v) is 23.2. The normalized spacial score (nSPS) is 21.5. The molecule has 0 bridgehead atoms. The summed E-state index contributed by atoms with van der Waals surface area (Å²) in [5.74, 6) is 0. The summed E-state index contributed by atoms with van der Waals surface area (Å²) < 4.78 is 30.9. The van der Waals surface area contributed by atoms with Crippen LogP contribution >= 0.6 is 11.3 Å². The number of aryl methyl sites for hydroxylation is 1. The van der Waals surface area contributed by atoms with Crippen LogP contribution in [0.15, 0.2) is 41.1 Å². The Bertz CT molecular complexity index is 1440. The number of likely N-dealkylation sites (N-methyl/N-ethyl adjacent to an activating group) is 1. The molecule has 10 nitrogen and oxygen atoms in total. The highest BCUT2D eigenvalue weighted by atomic mass is 32.2. The fourth-order valence-electron chi connectivity index (χ4n) is 5.67. The van der Waals surface area contributed by atoms with Crippen LogP contribution in [0.5, 0.6) is 0 Å². The SMILES string of the molecule is CN1CCN(c2ncc(S(=O)(=O)N3CCN(Cc4cncn4[C@@H]4CCc5ccc(C#N)cc54)CC3)s2)CC1. The van der Waals surface area contributed by atoms with E-state index in [1.165, 1.54) is 28.7 Å². The predicted molar refractivity (Wildman–Crippen MR) is 146 cm³/mol. The van der Waals surface area contributed by atoms with E-state index in [1.54, 1.807) is 4.31 Å². The molecule has 1 atom stereocenters. The molecule has 3 aliphatic rings. The first kappa shape index (κ1) is 25.5. The van der Waals surface area contributed by atoms with E-state index >= 15 is 0 Å². The first-order chi connectivity index (χ1) is 18.4. The monoisotopic (exact) mass is 552 g/mol. The van der Waals surface area contributed by atoms with Crippen molar-refractivity contribution in [3.63, 3.8) is 0 Å². The van der Waals surface area contributed by atoms with Crippen LogP contribution in [-0.4, -0.2) is 96.5 Å². The van der Waals surface area contributed by atoms with Crippen molar-refractivity contribution < 1.29 is 8.42 Å². The van der Waals surface area contributed by atoms with Crippen LogP contribution in [-0.2, 0) is 23.0 Å². The maximum Gasteiger partial charge on any atom is 0.254 e. The molecule has 0 spiro atoms. The van der Waals surface area contributed by atoms with E-state index < -0.39 is 10.0 Å². The van der Waals surface area contributed by atoms with Gasteiger partial charge >= 0.3 is 0 Å². The number of benzene rings is 1. The molecule has 2 aliphatic heterocycles. The molecule has 12 heteroatoms. The lowest BCUT2D eigenvalue weighted by Crippen LogP contribution is -2.48. The summed E-state index contributed by atoms with van der Waals surface area (Å²) in [6.45, 7) is 6.59. The molecule has 2 fully saturated rings. The maximum absolute atomic E-state index is 13.4. The van der Waals surface area contributed by atoms with Crippen LogP contribution < -0.4 is 4.90 Å². The molecule has 200 valence electrons. The largest absolute Gasteiger partial charge is 0.345 e. The average Bonchev–Trinajstić information content (AvgIpc) is 3.69. The third-order valence-electron chi connectivity index (χ3n) is 7.96. The van der Waals surface area contributed by atoms with Crippen molar-refractivity contribution in [2.24, 2.45) is 0 Å². The highest BCUT2D eigenvalue weighted by Crippen LogP contribution is 2.36. The fourth-order valence-corrected chi connectivity index (χ4v) is 8.42. The van der Waals surface area contributed by atoms with E-state index in [1.807, 2.05) is 24.7 Å². The van der Waals surface area contributed by atoms with Crippen molar-refractivity contribution in [3.8, 4) is 6.07 Å². The highest BCUT2D eigenvalue weighted by molar-refractivity contribution is 7.91. The van der Waals surface area contributed by atoms with Gasteiger partial charge in [-0.05, 0) is 43.1 Å². The molecule has 0 unspecified atom stereocenters. The Morgan fingerprint density at radius 2 is 1.87 bits per heavy atom. The zero-order valence-electron chi connectivity index (χ0n) is 21.5. The molecule has 4 heterocycles. The van der Waals surface area contributed by atoms with Crippen LogP contribution in [0.25, 0.3) is 0 Å². The van der Waals surface area contributed by atoms with E-state index in [-0.39, 0.29) is 6.04 Å². The Morgan fingerprint density at radius 3 is 2.63 bits per heavy atom. The molecule has 0 amide bonds. The second-order valence-electron chi connectivity index (χ2n) is 10.3. The molecule has 0 N–H and O–H groups in total. The Hall–Kier alpha value is -2.82. The van der Waals surface area contributed by atoms with Gasteiger partial charge in [0.15, 0.2) is 9.34 Å². The molecule has 0 radical (unpaired) electrons. The Balaban J connectivity index is 1.09. The Labute approximate surface area is 227 Å². The highest BCUT2D eigenvalue weighted by Gasteiger charge is 2.32. The van der Waals surface area contributed by atoms with Gasteiger partial charge in [-0.1, -0.05) is 17.4 Å².